The normalized spacial score (nSPS) is 12.3. The van der Waals surface area contributed by atoms with Crippen LogP contribution in [0.2, 0.25) is 0 Å². The van der Waals surface area contributed by atoms with Gasteiger partial charge in [0.05, 0.1) is 0 Å². The molecular formula is C14H21N3O2. The van der Waals surface area contributed by atoms with Crippen LogP contribution in [-0.2, 0) is 4.79 Å². The molecule has 0 radical (unpaired) electrons. The van der Waals surface area contributed by atoms with Gasteiger partial charge in [-0.1, -0.05) is 38.1 Å². The monoisotopic (exact) mass is 263 g/mol. The fourth-order valence-corrected chi connectivity index (χ4v) is 1.65. The molecule has 0 aliphatic rings. The Morgan fingerprint density at radius 2 is 2.05 bits per heavy atom. The second kappa shape index (κ2) is 5.73. The van der Waals surface area contributed by atoms with E-state index in [4.69, 9.17) is 10.9 Å². The van der Waals surface area contributed by atoms with Gasteiger partial charge in [0, 0.05) is 24.7 Å². The van der Waals surface area contributed by atoms with Crippen LogP contribution in [0.25, 0.3) is 0 Å². The number of oxime groups is 1. The van der Waals surface area contributed by atoms with Gasteiger partial charge in [-0.3, -0.25) is 4.79 Å². The van der Waals surface area contributed by atoms with Crippen molar-refractivity contribution in [1.82, 2.24) is 0 Å². The number of anilines is 1. The smallest absolute Gasteiger partial charge is 0.227 e. The molecule has 1 amide bonds. The van der Waals surface area contributed by atoms with Gasteiger partial charge in [0.25, 0.3) is 0 Å². The predicted octanol–water partition coefficient (Wildman–Crippen LogP) is 2.18. The molecule has 1 aromatic rings. The Labute approximate surface area is 113 Å². The number of hydrogen-bond donors (Lipinski definition) is 2. The number of benzene rings is 1. The highest BCUT2D eigenvalue weighted by molar-refractivity contribution is 5.99. The maximum Gasteiger partial charge on any atom is 0.227 e. The molecule has 0 unspecified atom stereocenters. The van der Waals surface area contributed by atoms with Crippen molar-refractivity contribution in [1.29, 1.82) is 0 Å². The quantitative estimate of drug-likeness (QED) is 0.380. The lowest BCUT2D eigenvalue weighted by atomic mass is 9.91. The highest BCUT2D eigenvalue weighted by atomic mass is 16.4. The number of amides is 1. The van der Waals surface area contributed by atoms with E-state index in [9.17, 15) is 4.79 Å². The molecule has 0 aromatic heterocycles. The molecule has 0 aliphatic carbocycles. The lowest BCUT2D eigenvalue weighted by molar-refractivity contribution is -0.120. The molecule has 0 saturated heterocycles. The lowest BCUT2D eigenvalue weighted by Crippen LogP contribution is -2.30. The molecule has 0 saturated carbocycles. The summed E-state index contributed by atoms with van der Waals surface area (Å²) < 4.78 is 0. The van der Waals surface area contributed by atoms with E-state index in [2.05, 4.69) is 5.16 Å². The van der Waals surface area contributed by atoms with Crippen LogP contribution in [0, 0.1) is 5.41 Å². The molecule has 0 aliphatic heterocycles. The predicted molar refractivity (Wildman–Crippen MR) is 76.4 cm³/mol. The molecule has 0 atom stereocenters. The largest absolute Gasteiger partial charge is 0.409 e. The van der Waals surface area contributed by atoms with E-state index in [1.165, 1.54) is 0 Å². The lowest BCUT2D eigenvalue weighted by Gasteiger charge is -2.23. The SMILES string of the molecule is CN(C(=O)CC(C)(C)C)c1cccc(C(N)=NO)c1. The topological polar surface area (TPSA) is 78.9 Å². The first-order valence-electron chi connectivity index (χ1n) is 6.09. The summed E-state index contributed by atoms with van der Waals surface area (Å²) in [5, 5.41) is 11.6. The number of carbonyl (C=O) groups excluding carboxylic acids is 1. The third kappa shape index (κ3) is 4.28. The van der Waals surface area contributed by atoms with Crippen molar-refractivity contribution in [2.24, 2.45) is 16.3 Å². The first-order valence-corrected chi connectivity index (χ1v) is 6.09. The van der Waals surface area contributed by atoms with E-state index in [1.807, 2.05) is 26.8 Å². The number of hydrogen-bond acceptors (Lipinski definition) is 3. The highest BCUT2D eigenvalue weighted by Crippen LogP contribution is 2.22. The maximum absolute atomic E-state index is 12.1. The van der Waals surface area contributed by atoms with Gasteiger partial charge in [0.1, 0.15) is 0 Å². The number of nitrogens with zero attached hydrogens (tertiary/aromatic N) is 2. The third-order valence-corrected chi connectivity index (χ3v) is 2.69. The summed E-state index contributed by atoms with van der Waals surface area (Å²) in [5.41, 5.74) is 6.78. The number of rotatable bonds is 3. The van der Waals surface area contributed by atoms with Gasteiger partial charge < -0.3 is 15.8 Å². The van der Waals surface area contributed by atoms with Crippen molar-refractivity contribution in [3.05, 3.63) is 29.8 Å². The van der Waals surface area contributed by atoms with E-state index in [0.717, 1.165) is 5.69 Å². The van der Waals surface area contributed by atoms with Crippen molar-refractivity contribution in [2.75, 3.05) is 11.9 Å². The molecule has 0 heterocycles. The first kappa shape index (κ1) is 15.0. The summed E-state index contributed by atoms with van der Waals surface area (Å²) in [6.45, 7) is 6.06. The van der Waals surface area contributed by atoms with Crippen LogP contribution in [-0.4, -0.2) is 24.0 Å². The second-order valence-electron chi connectivity index (χ2n) is 5.73. The molecule has 19 heavy (non-hydrogen) atoms. The van der Waals surface area contributed by atoms with E-state index in [-0.39, 0.29) is 17.2 Å². The molecular weight excluding hydrogens is 242 g/mol. The first-order chi connectivity index (χ1) is 8.74. The maximum atomic E-state index is 12.1. The molecule has 1 aromatic carbocycles. The van der Waals surface area contributed by atoms with Crippen molar-refractivity contribution in [3.8, 4) is 0 Å². The number of amidine groups is 1. The summed E-state index contributed by atoms with van der Waals surface area (Å²) in [7, 11) is 1.72. The second-order valence-corrected chi connectivity index (χ2v) is 5.73. The molecule has 5 nitrogen and oxygen atoms in total. The molecule has 0 spiro atoms. The van der Waals surface area contributed by atoms with Crippen LogP contribution < -0.4 is 10.6 Å². The van der Waals surface area contributed by atoms with Crippen molar-refractivity contribution >= 4 is 17.4 Å². The van der Waals surface area contributed by atoms with Gasteiger partial charge >= 0.3 is 0 Å². The van der Waals surface area contributed by atoms with Gasteiger partial charge in [-0.05, 0) is 17.5 Å². The standard InChI is InChI=1S/C14H21N3O2/c1-14(2,3)9-12(18)17(4)11-7-5-6-10(8-11)13(15)16-19/h5-8,19H,9H2,1-4H3,(H2,15,16). The van der Waals surface area contributed by atoms with E-state index >= 15 is 0 Å². The van der Waals surface area contributed by atoms with Crippen molar-refractivity contribution < 1.29 is 10.0 Å². The molecule has 104 valence electrons. The van der Waals surface area contributed by atoms with Crippen LogP contribution in [0.3, 0.4) is 0 Å². The third-order valence-electron chi connectivity index (χ3n) is 2.69. The zero-order valence-electron chi connectivity index (χ0n) is 11.8. The van der Waals surface area contributed by atoms with Crippen LogP contribution >= 0.6 is 0 Å². The van der Waals surface area contributed by atoms with Crippen molar-refractivity contribution in [3.63, 3.8) is 0 Å². The molecule has 3 N–H and O–H groups in total. The number of carbonyl (C=O) groups is 1. The van der Waals surface area contributed by atoms with Crippen LogP contribution in [0.1, 0.15) is 32.8 Å². The zero-order chi connectivity index (χ0) is 14.6. The molecule has 0 bridgehead atoms. The minimum atomic E-state index is -0.0610. The van der Waals surface area contributed by atoms with Crippen LogP contribution in [0.15, 0.2) is 29.4 Å². The number of nitrogens with two attached hydrogens (primary N) is 1. The highest BCUT2D eigenvalue weighted by Gasteiger charge is 2.20. The Kier molecular flexibility index (Phi) is 4.53. The molecule has 5 heteroatoms. The van der Waals surface area contributed by atoms with Crippen LogP contribution in [0.4, 0.5) is 5.69 Å². The summed E-state index contributed by atoms with van der Waals surface area (Å²) in [6.07, 6.45) is 0.456. The van der Waals surface area contributed by atoms with Gasteiger partial charge in [-0.15, -0.1) is 0 Å². The Bertz CT molecular complexity index is 490. The van der Waals surface area contributed by atoms with E-state index in [0.29, 0.717) is 12.0 Å². The van der Waals surface area contributed by atoms with Gasteiger partial charge in [0.2, 0.25) is 5.91 Å². The van der Waals surface area contributed by atoms with E-state index < -0.39 is 0 Å². The fraction of sp³-hybridized carbons (Fsp3) is 0.429. The Balaban J connectivity index is 2.94. The summed E-state index contributed by atoms with van der Waals surface area (Å²) >= 11 is 0. The summed E-state index contributed by atoms with van der Waals surface area (Å²) in [4.78, 5) is 13.7. The Morgan fingerprint density at radius 1 is 1.42 bits per heavy atom. The average Bonchev–Trinajstić information content (AvgIpc) is 2.35. The summed E-state index contributed by atoms with van der Waals surface area (Å²) in [5.74, 6) is 0.0580. The average molecular weight is 263 g/mol. The van der Waals surface area contributed by atoms with Gasteiger partial charge in [0.15, 0.2) is 5.84 Å². The Morgan fingerprint density at radius 3 is 2.58 bits per heavy atom. The minimum absolute atomic E-state index is 0.0264. The zero-order valence-corrected chi connectivity index (χ0v) is 11.8. The fourth-order valence-electron chi connectivity index (χ4n) is 1.65. The van der Waals surface area contributed by atoms with Crippen LogP contribution in [0.5, 0.6) is 0 Å². The van der Waals surface area contributed by atoms with Gasteiger partial charge in [-0.2, -0.15) is 0 Å². The van der Waals surface area contributed by atoms with Gasteiger partial charge in [-0.25, -0.2) is 0 Å². The summed E-state index contributed by atoms with van der Waals surface area (Å²) in [6, 6.07) is 7.02. The minimum Gasteiger partial charge on any atom is -0.409 e. The van der Waals surface area contributed by atoms with E-state index in [1.54, 1.807) is 30.1 Å². The molecule has 0 fully saturated rings. The molecule has 1 rings (SSSR count). The Hall–Kier alpha value is -2.04. The van der Waals surface area contributed by atoms with Crippen molar-refractivity contribution in [2.45, 2.75) is 27.2 Å².